The first-order chi connectivity index (χ1) is 6.43. The summed E-state index contributed by atoms with van der Waals surface area (Å²) in [6, 6.07) is 0.269. The van der Waals surface area contributed by atoms with E-state index in [1.807, 2.05) is 6.92 Å². The van der Waals surface area contributed by atoms with Crippen LogP contribution in [0, 0.1) is 10.8 Å². The third-order valence-electron chi connectivity index (χ3n) is 3.08. The standard InChI is InChI=1S/C12H21NO/c1-5-13-10-8-11(2,3)6-7-12(10,4)9-14/h6-7,9-10,13H,5,8H2,1-4H3. The van der Waals surface area contributed by atoms with Gasteiger partial charge in [0.05, 0.1) is 5.41 Å². The van der Waals surface area contributed by atoms with Crippen molar-refractivity contribution in [3.05, 3.63) is 12.2 Å². The minimum atomic E-state index is -0.328. The third-order valence-corrected chi connectivity index (χ3v) is 3.08. The minimum absolute atomic E-state index is 0.204. The molecule has 0 heterocycles. The molecule has 0 saturated carbocycles. The summed E-state index contributed by atoms with van der Waals surface area (Å²) < 4.78 is 0. The number of aldehydes is 1. The van der Waals surface area contributed by atoms with Crippen LogP contribution in [0.4, 0.5) is 0 Å². The Bertz CT molecular complexity index is 245. The van der Waals surface area contributed by atoms with E-state index < -0.39 is 0 Å². The molecule has 0 aliphatic heterocycles. The van der Waals surface area contributed by atoms with Gasteiger partial charge in [-0.3, -0.25) is 0 Å². The molecule has 0 spiro atoms. The molecule has 80 valence electrons. The fraction of sp³-hybridized carbons (Fsp3) is 0.750. The Balaban J connectivity index is 2.90. The van der Waals surface area contributed by atoms with E-state index in [1.54, 1.807) is 0 Å². The highest BCUT2D eigenvalue weighted by atomic mass is 16.1. The number of allylic oxidation sites excluding steroid dienone is 1. The molecule has 0 aromatic heterocycles. The van der Waals surface area contributed by atoms with Gasteiger partial charge in [0.15, 0.2) is 0 Å². The van der Waals surface area contributed by atoms with Crippen LogP contribution < -0.4 is 5.32 Å². The van der Waals surface area contributed by atoms with Crippen molar-refractivity contribution in [2.75, 3.05) is 6.54 Å². The molecule has 1 aliphatic rings. The quantitative estimate of drug-likeness (QED) is 0.552. The zero-order valence-corrected chi connectivity index (χ0v) is 9.63. The Morgan fingerprint density at radius 1 is 1.43 bits per heavy atom. The lowest BCUT2D eigenvalue weighted by atomic mass is 9.69. The Labute approximate surface area is 86.8 Å². The summed E-state index contributed by atoms with van der Waals surface area (Å²) in [6.07, 6.45) is 6.30. The number of hydrogen-bond acceptors (Lipinski definition) is 2. The molecular weight excluding hydrogens is 174 g/mol. The van der Waals surface area contributed by atoms with E-state index in [9.17, 15) is 4.79 Å². The molecule has 0 bridgehead atoms. The lowest BCUT2D eigenvalue weighted by Gasteiger charge is -2.40. The largest absolute Gasteiger partial charge is 0.313 e. The van der Waals surface area contributed by atoms with Gasteiger partial charge in [-0.05, 0) is 25.3 Å². The summed E-state index contributed by atoms with van der Waals surface area (Å²) in [5, 5.41) is 3.40. The molecule has 1 aliphatic carbocycles. The summed E-state index contributed by atoms with van der Waals surface area (Å²) >= 11 is 0. The first-order valence-electron chi connectivity index (χ1n) is 5.33. The van der Waals surface area contributed by atoms with E-state index in [0.717, 1.165) is 19.3 Å². The zero-order valence-electron chi connectivity index (χ0n) is 9.63. The Hall–Kier alpha value is -0.630. The molecule has 2 nitrogen and oxygen atoms in total. The summed E-state index contributed by atoms with van der Waals surface area (Å²) in [5.41, 5.74) is -0.124. The summed E-state index contributed by atoms with van der Waals surface area (Å²) in [7, 11) is 0. The van der Waals surface area contributed by atoms with Crippen molar-refractivity contribution in [1.82, 2.24) is 5.32 Å². The van der Waals surface area contributed by atoms with Gasteiger partial charge in [-0.2, -0.15) is 0 Å². The first-order valence-corrected chi connectivity index (χ1v) is 5.33. The van der Waals surface area contributed by atoms with Gasteiger partial charge >= 0.3 is 0 Å². The maximum Gasteiger partial charge on any atom is 0.131 e. The van der Waals surface area contributed by atoms with Crippen LogP contribution in [0.15, 0.2) is 12.2 Å². The average molecular weight is 195 g/mol. The van der Waals surface area contributed by atoms with Gasteiger partial charge in [0.25, 0.3) is 0 Å². The van der Waals surface area contributed by atoms with E-state index in [2.05, 4.69) is 38.2 Å². The molecule has 0 fully saturated rings. The Morgan fingerprint density at radius 3 is 2.57 bits per heavy atom. The van der Waals surface area contributed by atoms with Crippen molar-refractivity contribution < 1.29 is 4.79 Å². The predicted molar refractivity (Wildman–Crippen MR) is 59.2 cm³/mol. The van der Waals surface area contributed by atoms with Gasteiger partial charge in [-0.1, -0.05) is 32.9 Å². The highest BCUT2D eigenvalue weighted by Crippen LogP contribution is 2.38. The summed E-state index contributed by atoms with van der Waals surface area (Å²) in [4.78, 5) is 11.1. The smallest absolute Gasteiger partial charge is 0.131 e. The van der Waals surface area contributed by atoms with Gasteiger partial charge in [-0.15, -0.1) is 0 Å². The van der Waals surface area contributed by atoms with Crippen molar-refractivity contribution in [3.8, 4) is 0 Å². The van der Waals surface area contributed by atoms with Crippen molar-refractivity contribution in [1.29, 1.82) is 0 Å². The van der Waals surface area contributed by atoms with Crippen molar-refractivity contribution in [2.45, 2.75) is 40.2 Å². The molecule has 14 heavy (non-hydrogen) atoms. The number of carbonyl (C=O) groups is 1. The Kier molecular flexibility index (Phi) is 3.15. The number of hydrogen-bond donors (Lipinski definition) is 1. The van der Waals surface area contributed by atoms with E-state index in [1.165, 1.54) is 0 Å². The average Bonchev–Trinajstić information content (AvgIpc) is 2.12. The number of carbonyl (C=O) groups excluding carboxylic acids is 1. The molecular formula is C12H21NO. The number of rotatable bonds is 3. The van der Waals surface area contributed by atoms with Gasteiger partial charge in [0.2, 0.25) is 0 Å². The van der Waals surface area contributed by atoms with Crippen LogP contribution in [0.1, 0.15) is 34.1 Å². The summed E-state index contributed by atoms with van der Waals surface area (Å²) in [6.45, 7) is 9.41. The summed E-state index contributed by atoms with van der Waals surface area (Å²) in [5.74, 6) is 0. The zero-order chi connectivity index (χ0) is 10.8. The Morgan fingerprint density at radius 2 is 2.07 bits per heavy atom. The molecule has 1 N–H and O–H groups in total. The lowest BCUT2D eigenvalue weighted by Crippen LogP contribution is -2.48. The second-order valence-electron chi connectivity index (χ2n) is 5.12. The molecule has 2 atom stereocenters. The highest BCUT2D eigenvalue weighted by molar-refractivity contribution is 5.64. The maximum absolute atomic E-state index is 11.1. The van der Waals surface area contributed by atoms with Crippen LogP contribution in [-0.4, -0.2) is 18.9 Å². The molecule has 2 unspecified atom stereocenters. The monoisotopic (exact) mass is 195 g/mol. The second-order valence-corrected chi connectivity index (χ2v) is 5.12. The van der Waals surface area contributed by atoms with Gasteiger partial charge in [0.1, 0.15) is 6.29 Å². The third kappa shape index (κ3) is 2.24. The number of nitrogens with one attached hydrogen (secondary N) is 1. The lowest BCUT2D eigenvalue weighted by molar-refractivity contribution is -0.115. The molecule has 0 aromatic rings. The van der Waals surface area contributed by atoms with Gasteiger partial charge in [-0.25, -0.2) is 0 Å². The molecule has 0 aromatic carbocycles. The van der Waals surface area contributed by atoms with Crippen LogP contribution in [-0.2, 0) is 4.79 Å². The topological polar surface area (TPSA) is 29.1 Å². The highest BCUT2D eigenvalue weighted by Gasteiger charge is 2.38. The second kappa shape index (κ2) is 3.85. The van der Waals surface area contributed by atoms with Gasteiger partial charge < -0.3 is 10.1 Å². The van der Waals surface area contributed by atoms with Crippen LogP contribution in [0.2, 0.25) is 0 Å². The fourth-order valence-corrected chi connectivity index (χ4v) is 2.00. The van der Waals surface area contributed by atoms with Gasteiger partial charge in [0, 0.05) is 6.04 Å². The normalized spacial score (nSPS) is 35.6. The van der Waals surface area contributed by atoms with E-state index in [4.69, 9.17) is 0 Å². The minimum Gasteiger partial charge on any atom is -0.313 e. The van der Waals surface area contributed by atoms with Crippen LogP contribution in [0.5, 0.6) is 0 Å². The van der Waals surface area contributed by atoms with Crippen LogP contribution in [0.25, 0.3) is 0 Å². The first kappa shape index (κ1) is 11.4. The van der Waals surface area contributed by atoms with E-state index >= 15 is 0 Å². The molecule has 0 saturated heterocycles. The SMILES string of the molecule is CCNC1CC(C)(C)C=CC1(C)C=O. The van der Waals surface area contributed by atoms with Crippen molar-refractivity contribution in [2.24, 2.45) is 10.8 Å². The van der Waals surface area contributed by atoms with Crippen LogP contribution >= 0.6 is 0 Å². The maximum atomic E-state index is 11.1. The van der Waals surface area contributed by atoms with E-state index in [-0.39, 0.29) is 16.9 Å². The van der Waals surface area contributed by atoms with Crippen molar-refractivity contribution in [3.63, 3.8) is 0 Å². The fourth-order valence-electron chi connectivity index (χ4n) is 2.00. The van der Waals surface area contributed by atoms with Crippen LogP contribution in [0.3, 0.4) is 0 Å². The van der Waals surface area contributed by atoms with Crippen molar-refractivity contribution >= 4 is 6.29 Å². The van der Waals surface area contributed by atoms with E-state index in [0.29, 0.717) is 0 Å². The molecule has 0 amide bonds. The predicted octanol–water partition coefficient (Wildman–Crippen LogP) is 2.16. The molecule has 0 radical (unpaired) electrons. The molecule has 1 rings (SSSR count). The molecule has 2 heteroatoms.